The number of piperidine rings is 1. The van der Waals surface area contributed by atoms with Gasteiger partial charge in [-0.2, -0.15) is 4.98 Å². The summed E-state index contributed by atoms with van der Waals surface area (Å²) >= 11 is 0. The maximum absolute atomic E-state index is 12.9. The number of nitrogens with one attached hydrogen (secondary N) is 2. The molecule has 0 saturated carbocycles. The molecule has 1 amide bonds. The van der Waals surface area contributed by atoms with E-state index in [9.17, 15) is 9.59 Å². The summed E-state index contributed by atoms with van der Waals surface area (Å²) in [6.45, 7) is 6.00. The molecule has 4 rings (SSSR count). The zero-order valence-corrected chi connectivity index (χ0v) is 15.2. The van der Waals surface area contributed by atoms with Crippen LogP contribution in [0.15, 0.2) is 29.1 Å². The van der Waals surface area contributed by atoms with E-state index in [1.807, 2.05) is 31.2 Å². The van der Waals surface area contributed by atoms with Gasteiger partial charge in [-0.15, -0.1) is 0 Å². The fourth-order valence-electron chi connectivity index (χ4n) is 3.90. The number of hydrogen-bond acceptors (Lipinski definition) is 4. The second-order valence-corrected chi connectivity index (χ2v) is 7.54. The van der Waals surface area contributed by atoms with E-state index in [1.165, 1.54) is 0 Å². The number of rotatable bonds is 2. The molecule has 3 heterocycles. The molecule has 6 heteroatoms. The minimum Gasteiger partial charge on any atom is -0.342 e. The highest BCUT2D eigenvalue weighted by atomic mass is 16.2. The Hall–Kier alpha value is -2.63. The van der Waals surface area contributed by atoms with Gasteiger partial charge in [-0.1, -0.05) is 36.8 Å². The van der Waals surface area contributed by atoms with Gasteiger partial charge in [0.15, 0.2) is 0 Å². The quantitative estimate of drug-likeness (QED) is 0.871. The van der Waals surface area contributed by atoms with Crippen molar-refractivity contribution in [1.82, 2.24) is 9.97 Å². The Morgan fingerprint density at radius 3 is 2.69 bits per heavy atom. The summed E-state index contributed by atoms with van der Waals surface area (Å²) in [6, 6.07) is 7.98. The number of nitrogens with zero attached hydrogens (tertiary/aromatic N) is 2. The first-order chi connectivity index (χ1) is 12.5. The van der Waals surface area contributed by atoms with Gasteiger partial charge in [-0.25, -0.2) is 0 Å². The molecule has 2 N–H and O–H groups in total. The van der Waals surface area contributed by atoms with Crippen LogP contribution in [0.2, 0.25) is 0 Å². The largest absolute Gasteiger partial charge is 0.342 e. The molecule has 1 atom stereocenters. The van der Waals surface area contributed by atoms with E-state index in [4.69, 9.17) is 0 Å². The zero-order valence-electron chi connectivity index (χ0n) is 15.2. The van der Waals surface area contributed by atoms with E-state index in [2.05, 4.69) is 27.1 Å². The molecule has 2 aromatic rings. The van der Waals surface area contributed by atoms with Crippen LogP contribution < -0.4 is 15.8 Å². The average molecular weight is 352 g/mol. The summed E-state index contributed by atoms with van der Waals surface area (Å²) in [4.78, 5) is 34.8. The van der Waals surface area contributed by atoms with Crippen LogP contribution in [0.3, 0.4) is 0 Å². The molecular weight excluding hydrogens is 328 g/mol. The maximum atomic E-state index is 12.9. The Morgan fingerprint density at radius 1 is 1.19 bits per heavy atom. The number of benzene rings is 1. The lowest BCUT2D eigenvalue weighted by molar-refractivity contribution is -0.116. The van der Waals surface area contributed by atoms with E-state index in [-0.39, 0.29) is 23.8 Å². The molecule has 1 saturated heterocycles. The second kappa shape index (κ2) is 6.59. The molecular formula is C20H24N4O2. The van der Waals surface area contributed by atoms with Crippen LogP contribution in [0, 0.1) is 12.8 Å². The van der Waals surface area contributed by atoms with Crippen LogP contribution in [0.25, 0.3) is 0 Å². The van der Waals surface area contributed by atoms with Crippen molar-refractivity contribution in [2.24, 2.45) is 5.92 Å². The number of carbonyl (C=O) groups is 1. The zero-order chi connectivity index (χ0) is 18.3. The molecule has 1 fully saturated rings. The van der Waals surface area contributed by atoms with Crippen molar-refractivity contribution in [2.45, 2.75) is 39.0 Å². The van der Waals surface area contributed by atoms with E-state index in [0.717, 1.165) is 37.1 Å². The minimum atomic E-state index is -0.259. The van der Waals surface area contributed by atoms with Gasteiger partial charge in [0.25, 0.3) is 5.56 Å². The molecule has 26 heavy (non-hydrogen) atoms. The second-order valence-electron chi connectivity index (χ2n) is 7.54. The number of aromatic amines is 1. The number of carbonyl (C=O) groups excluding carboxylic acids is 1. The molecule has 6 nitrogen and oxygen atoms in total. The van der Waals surface area contributed by atoms with Crippen molar-refractivity contribution in [1.29, 1.82) is 0 Å². The molecule has 1 aromatic heterocycles. The van der Waals surface area contributed by atoms with E-state index < -0.39 is 0 Å². The molecule has 0 radical (unpaired) electrons. The number of fused-ring (bicyclic) bond motifs is 1. The van der Waals surface area contributed by atoms with Crippen LogP contribution in [-0.4, -0.2) is 29.0 Å². The van der Waals surface area contributed by atoms with Crippen LogP contribution in [0.5, 0.6) is 0 Å². The van der Waals surface area contributed by atoms with E-state index in [1.54, 1.807) is 0 Å². The number of aromatic nitrogens is 2. The Bertz CT molecular complexity index is 897. The van der Waals surface area contributed by atoms with Crippen LogP contribution in [-0.2, 0) is 4.79 Å². The maximum Gasteiger partial charge on any atom is 0.258 e. The lowest BCUT2D eigenvalue weighted by Gasteiger charge is -2.32. The van der Waals surface area contributed by atoms with Crippen LogP contribution in [0.4, 0.5) is 11.8 Å². The highest BCUT2D eigenvalue weighted by molar-refractivity contribution is 5.94. The van der Waals surface area contributed by atoms with E-state index in [0.29, 0.717) is 23.2 Å². The standard InChI is InChI=1S/C20H24N4O2/c1-12-6-8-24(9-7-12)20-22-18-17(19(26)23-20)15(11-16(25)21-18)14-5-3-4-13(2)10-14/h3-5,10,12,15H,6-9,11H2,1-2H3,(H2,21,22,23,25,26). The summed E-state index contributed by atoms with van der Waals surface area (Å²) in [5.74, 6) is 1.31. The van der Waals surface area contributed by atoms with Crippen molar-refractivity contribution >= 4 is 17.7 Å². The van der Waals surface area contributed by atoms with Gasteiger partial charge in [-0.05, 0) is 31.2 Å². The lowest BCUT2D eigenvalue weighted by atomic mass is 9.86. The van der Waals surface area contributed by atoms with Crippen molar-refractivity contribution in [3.8, 4) is 0 Å². The van der Waals surface area contributed by atoms with Gasteiger partial charge in [0.1, 0.15) is 5.82 Å². The smallest absolute Gasteiger partial charge is 0.258 e. The Kier molecular flexibility index (Phi) is 4.26. The van der Waals surface area contributed by atoms with Gasteiger partial charge < -0.3 is 10.2 Å². The van der Waals surface area contributed by atoms with E-state index >= 15 is 0 Å². The molecule has 136 valence electrons. The van der Waals surface area contributed by atoms with Crippen molar-refractivity contribution in [3.63, 3.8) is 0 Å². The summed E-state index contributed by atoms with van der Waals surface area (Å²) < 4.78 is 0. The fraction of sp³-hybridized carbons (Fsp3) is 0.450. The van der Waals surface area contributed by atoms with Gasteiger partial charge in [0.05, 0.1) is 5.56 Å². The Labute approximate surface area is 152 Å². The number of amides is 1. The molecule has 0 spiro atoms. The molecule has 1 aromatic carbocycles. The molecule has 0 bridgehead atoms. The summed E-state index contributed by atoms with van der Waals surface area (Å²) in [7, 11) is 0. The lowest BCUT2D eigenvalue weighted by Crippen LogP contribution is -2.37. The van der Waals surface area contributed by atoms with Crippen molar-refractivity contribution in [2.75, 3.05) is 23.3 Å². The van der Waals surface area contributed by atoms with Crippen LogP contribution >= 0.6 is 0 Å². The first-order valence-corrected chi connectivity index (χ1v) is 9.27. The topological polar surface area (TPSA) is 78.1 Å². The first kappa shape index (κ1) is 16.8. The van der Waals surface area contributed by atoms with Gasteiger partial charge in [0.2, 0.25) is 11.9 Å². The number of anilines is 2. The highest BCUT2D eigenvalue weighted by Crippen LogP contribution is 2.34. The minimum absolute atomic E-state index is 0.0969. The molecule has 0 aliphatic carbocycles. The van der Waals surface area contributed by atoms with Crippen molar-refractivity contribution < 1.29 is 4.79 Å². The predicted molar refractivity (Wildman–Crippen MR) is 102 cm³/mol. The Balaban J connectivity index is 1.74. The fourth-order valence-corrected chi connectivity index (χ4v) is 3.90. The molecule has 2 aliphatic rings. The number of H-pyrrole nitrogens is 1. The van der Waals surface area contributed by atoms with Gasteiger partial charge in [-0.3, -0.25) is 14.6 Å². The third-order valence-corrected chi connectivity index (χ3v) is 5.47. The third-order valence-electron chi connectivity index (χ3n) is 5.47. The summed E-state index contributed by atoms with van der Waals surface area (Å²) in [5, 5.41) is 2.81. The summed E-state index contributed by atoms with van der Waals surface area (Å²) in [5.41, 5.74) is 2.49. The molecule has 2 aliphatic heterocycles. The normalized spacial score (nSPS) is 20.6. The Morgan fingerprint density at radius 2 is 1.96 bits per heavy atom. The monoisotopic (exact) mass is 352 g/mol. The van der Waals surface area contributed by atoms with Gasteiger partial charge >= 0.3 is 0 Å². The third kappa shape index (κ3) is 3.11. The predicted octanol–water partition coefficient (Wildman–Crippen LogP) is 2.79. The first-order valence-electron chi connectivity index (χ1n) is 9.27. The number of aryl methyl sites for hydroxylation is 1. The SMILES string of the molecule is Cc1cccc(C2CC(=O)Nc3nc(N4CCC(C)CC4)[nH]c(=O)c32)c1. The summed E-state index contributed by atoms with van der Waals surface area (Å²) in [6.07, 6.45) is 2.43. The van der Waals surface area contributed by atoms with Crippen molar-refractivity contribution in [3.05, 3.63) is 51.3 Å². The average Bonchev–Trinajstić information content (AvgIpc) is 2.61. The van der Waals surface area contributed by atoms with Crippen LogP contribution in [0.1, 0.15) is 48.8 Å². The molecule has 1 unspecified atom stereocenters. The number of hydrogen-bond donors (Lipinski definition) is 2. The van der Waals surface area contributed by atoms with Gasteiger partial charge in [0, 0.05) is 25.4 Å². The highest BCUT2D eigenvalue weighted by Gasteiger charge is 2.31.